The molecular formula is C14H23N3O2S. The van der Waals surface area contributed by atoms with Crippen LogP contribution in [0, 0.1) is 5.92 Å². The van der Waals surface area contributed by atoms with Gasteiger partial charge in [-0.1, -0.05) is 13.8 Å². The summed E-state index contributed by atoms with van der Waals surface area (Å²) in [6, 6.07) is 7.20. The van der Waals surface area contributed by atoms with E-state index in [0.29, 0.717) is 17.4 Å². The van der Waals surface area contributed by atoms with Crippen LogP contribution < -0.4 is 15.4 Å². The highest BCUT2D eigenvalue weighted by Crippen LogP contribution is 2.23. The topological polar surface area (TPSA) is 75.4 Å². The number of piperidine rings is 1. The maximum atomic E-state index is 11.9. The molecule has 1 aromatic carbocycles. The molecular weight excluding hydrogens is 274 g/mol. The first-order chi connectivity index (χ1) is 9.42. The molecule has 3 N–H and O–H groups in total. The van der Waals surface area contributed by atoms with Gasteiger partial charge < -0.3 is 10.6 Å². The highest BCUT2D eigenvalue weighted by molar-refractivity contribution is 7.89. The highest BCUT2D eigenvalue weighted by Gasteiger charge is 2.22. The number of hydrogen-bond donors (Lipinski definition) is 2. The summed E-state index contributed by atoms with van der Waals surface area (Å²) in [6.07, 6.45) is 1.05. The van der Waals surface area contributed by atoms with Gasteiger partial charge in [0.2, 0.25) is 10.0 Å². The summed E-state index contributed by atoms with van der Waals surface area (Å²) in [6.45, 7) is 6.14. The van der Waals surface area contributed by atoms with Crippen LogP contribution in [0.25, 0.3) is 0 Å². The van der Waals surface area contributed by atoms with Crippen molar-refractivity contribution in [2.24, 2.45) is 11.7 Å². The van der Waals surface area contributed by atoms with E-state index in [-0.39, 0.29) is 6.04 Å². The van der Waals surface area contributed by atoms with E-state index in [0.717, 1.165) is 25.2 Å². The Labute approximate surface area is 121 Å². The van der Waals surface area contributed by atoms with Crippen LogP contribution in [0.5, 0.6) is 0 Å². The number of nitrogens with two attached hydrogens (primary N) is 1. The zero-order valence-electron chi connectivity index (χ0n) is 12.0. The Morgan fingerprint density at radius 2 is 1.95 bits per heavy atom. The van der Waals surface area contributed by atoms with Crippen LogP contribution >= 0.6 is 0 Å². The first-order valence-corrected chi connectivity index (χ1v) is 8.51. The molecule has 0 aromatic heterocycles. The van der Waals surface area contributed by atoms with Crippen molar-refractivity contribution in [3.63, 3.8) is 0 Å². The van der Waals surface area contributed by atoms with Crippen molar-refractivity contribution < 1.29 is 8.42 Å². The smallest absolute Gasteiger partial charge is 0.240 e. The number of benzene rings is 1. The molecule has 2 rings (SSSR count). The second-order valence-electron chi connectivity index (χ2n) is 5.50. The van der Waals surface area contributed by atoms with Crippen LogP contribution in [0.3, 0.4) is 0 Å². The number of sulfonamides is 1. The lowest BCUT2D eigenvalue weighted by atomic mass is 9.96. The second kappa shape index (κ2) is 6.11. The molecule has 1 aliphatic rings. The fourth-order valence-electron chi connectivity index (χ4n) is 2.72. The Morgan fingerprint density at radius 3 is 2.50 bits per heavy atom. The van der Waals surface area contributed by atoms with Gasteiger partial charge in [-0.3, -0.25) is 0 Å². The van der Waals surface area contributed by atoms with E-state index in [2.05, 4.69) is 16.5 Å². The lowest BCUT2D eigenvalue weighted by Crippen LogP contribution is -2.46. The van der Waals surface area contributed by atoms with Gasteiger partial charge in [0.1, 0.15) is 0 Å². The zero-order valence-corrected chi connectivity index (χ0v) is 12.9. The van der Waals surface area contributed by atoms with Crippen molar-refractivity contribution in [1.82, 2.24) is 4.72 Å². The minimum absolute atomic E-state index is 0.184. The maximum absolute atomic E-state index is 11.9. The molecule has 0 aliphatic carbocycles. The molecule has 0 amide bonds. The summed E-state index contributed by atoms with van der Waals surface area (Å²) in [5.74, 6) is 0.559. The molecule has 2 unspecified atom stereocenters. The summed E-state index contributed by atoms with van der Waals surface area (Å²) >= 11 is 0. The lowest BCUT2D eigenvalue weighted by Gasteiger charge is -2.36. The van der Waals surface area contributed by atoms with Crippen LogP contribution in [0.2, 0.25) is 0 Å². The van der Waals surface area contributed by atoms with Crippen LogP contribution in [0.15, 0.2) is 29.2 Å². The number of hydrogen-bond acceptors (Lipinski definition) is 4. The third kappa shape index (κ3) is 3.50. The third-order valence-corrected chi connectivity index (χ3v) is 5.10. The van der Waals surface area contributed by atoms with E-state index in [9.17, 15) is 8.42 Å². The van der Waals surface area contributed by atoms with Gasteiger partial charge in [-0.15, -0.1) is 0 Å². The predicted octanol–water partition coefficient (Wildman–Crippen LogP) is 1.16. The van der Waals surface area contributed by atoms with Gasteiger partial charge in [0, 0.05) is 31.4 Å². The Hall–Kier alpha value is -1.11. The van der Waals surface area contributed by atoms with Crippen molar-refractivity contribution in [3.8, 4) is 0 Å². The van der Waals surface area contributed by atoms with Gasteiger partial charge in [-0.05, 0) is 36.6 Å². The molecule has 5 nitrogen and oxygen atoms in total. The quantitative estimate of drug-likeness (QED) is 0.874. The summed E-state index contributed by atoms with van der Waals surface area (Å²) in [5.41, 5.74) is 7.07. The van der Waals surface area contributed by atoms with Gasteiger partial charge in [-0.2, -0.15) is 0 Å². The standard InChI is InChI=1S/C14H23N3O2S/c1-3-16-20(18,19)14-6-4-13(5-7-14)17-9-11(2)8-12(15)10-17/h4-7,11-12,16H,3,8-10,15H2,1-2H3. The molecule has 0 radical (unpaired) electrons. The van der Waals surface area contributed by atoms with E-state index in [1.54, 1.807) is 19.1 Å². The molecule has 112 valence electrons. The molecule has 6 heteroatoms. The highest BCUT2D eigenvalue weighted by atomic mass is 32.2. The van der Waals surface area contributed by atoms with Crippen LogP contribution in [0.1, 0.15) is 20.3 Å². The largest absolute Gasteiger partial charge is 0.370 e. The average molecular weight is 297 g/mol. The summed E-state index contributed by atoms with van der Waals surface area (Å²) in [7, 11) is -3.37. The summed E-state index contributed by atoms with van der Waals surface area (Å²) < 4.78 is 26.2. The molecule has 0 bridgehead atoms. The van der Waals surface area contributed by atoms with Gasteiger partial charge in [0.25, 0.3) is 0 Å². The van der Waals surface area contributed by atoms with Gasteiger partial charge >= 0.3 is 0 Å². The zero-order chi connectivity index (χ0) is 14.8. The minimum Gasteiger partial charge on any atom is -0.370 e. The second-order valence-corrected chi connectivity index (χ2v) is 7.27. The third-order valence-electron chi connectivity index (χ3n) is 3.54. The van der Waals surface area contributed by atoms with E-state index < -0.39 is 10.0 Å². The summed E-state index contributed by atoms with van der Waals surface area (Å²) in [5, 5.41) is 0. The molecule has 0 spiro atoms. The Kier molecular flexibility index (Phi) is 4.67. The lowest BCUT2D eigenvalue weighted by molar-refractivity contribution is 0.401. The fourth-order valence-corrected chi connectivity index (χ4v) is 3.76. The number of nitrogens with one attached hydrogen (secondary N) is 1. The minimum atomic E-state index is -3.37. The monoisotopic (exact) mass is 297 g/mol. The number of anilines is 1. The molecule has 1 saturated heterocycles. The van der Waals surface area contributed by atoms with Gasteiger partial charge in [0.15, 0.2) is 0 Å². The predicted molar refractivity (Wildman–Crippen MR) is 81.3 cm³/mol. The van der Waals surface area contributed by atoms with Crippen molar-refractivity contribution in [3.05, 3.63) is 24.3 Å². The summed E-state index contributed by atoms with van der Waals surface area (Å²) in [4.78, 5) is 2.53. The van der Waals surface area contributed by atoms with Crippen molar-refractivity contribution in [1.29, 1.82) is 0 Å². The van der Waals surface area contributed by atoms with Gasteiger partial charge in [0.05, 0.1) is 4.90 Å². The molecule has 1 fully saturated rings. The number of rotatable bonds is 4. The van der Waals surface area contributed by atoms with Crippen LogP contribution in [-0.2, 0) is 10.0 Å². The Balaban J connectivity index is 2.16. The van der Waals surface area contributed by atoms with E-state index >= 15 is 0 Å². The fraction of sp³-hybridized carbons (Fsp3) is 0.571. The average Bonchev–Trinajstić information content (AvgIpc) is 2.38. The van der Waals surface area contributed by atoms with Crippen LogP contribution in [-0.4, -0.2) is 34.1 Å². The van der Waals surface area contributed by atoms with E-state index in [4.69, 9.17) is 5.73 Å². The van der Waals surface area contributed by atoms with Crippen molar-refractivity contribution >= 4 is 15.7 Å². The Bertz CT molecular complexity index is 532. The van der Waals surface area contributed by atoms with Gasteiger partial charge in [-0.25, -0.2) is 13.1 Å². The number of nitrogens with zero attached hydrogens (tertiary/aromatic N) is 1. The van der Waals surface area contributed by atoms with Crippen molar-refractivity contribution in [2.45, 2.75) is 31.2 Å². The molecule has 1 heterocycles. The molecule has 2 atom stereocenters. The molecule has 1 aromatic rings. The SMILES string of the molecule is CCNS(=O)(=O)c1ccc(N2CC(C)CC(N)C2)cc1. The maximum Gasteiger partial charge on any atom is 0.240 e. The van der Waals surface area contributed by atoms with Crippen molar-refractivity contribution in [2.75, 3.05) is 24.5 Å². The first kappa shape index (κ1) is 15.3. The van der Waals surface area contributed by atoms with E-state index in [1.165, 1.54) is 0 Å². The molecule has 20 heavy (non-hydrogen) atoms. The first-order valence-electron chi connectivity index (χ1n) is 7.02. The van der Waals surface area contributed by atoms with E-state index in [1.807, 2.05) is 12.1 Å². The molecule has 0 saturated carbocycles. The molecule has 1 aliphatic heterocycles. The Morgan fingerprint density at radius 1 is 1.30 bits per heavy atom. The van der Waals surface area contributed by atoms with Crippen LogP contribution in [0.4, 0.5) is 5.69 Å². The normalized spacial score (nSPS) is 23.9.